The Morgan fingerprint density at radius 3 is 2.74 bits per heavy atom. The lowest BCUT2D eigenvalue weighted by atomic mass is 10.1. The number of imidazole rings is 1. The van der Waals surface area contributed by atoms with Crippen molar-refractivity contribution in [3.8, 4) is 5.75 Å². The van der Waals surface area contributed by atoms with Gasteiger partial charge in [-0.3, -0.25) is 0 Å². The van der Waals surface area contributed by atoms with E-state index in [1.54, 1.807) is 6.33 Å². The molecule has 0 aliphatic rings. The number of aliphatic hydroxyl groups excluding tert-OH is 1. The van der Waals surface area contributed by atoms with Gasteiger partial charge in [0.25, 0.3) is 0 Å². The minimum atomic E-state index is -0.637. The van der Waals surface area contributed by atoms with E-state index in [0.717, 1.165) is 32.0 Å². The molecule has 0 bridgehead atoms. The van der Waals surface area contributed by atoms with Crippen LogP contribution in [-0.2, 0) is 6.54 Å². The lowest BCUT2D eigenvalue weighted by molar-refractivity contribution is 0.0931. The third-order valence-electron chi connectivity index (χ3n) is 4.90. The van der Waals surface area contributed by atoms with E-state index in [1.165, 1.54) is 11.1 Å². The Kier molecular flexibility index (Phi) is 4.89. The molecule has 0 aliphatic carbocycles. The van der Waals surface area contributed by atoms with Crippen LogP contribution in [-0.4, -0.2) is 27.4 Å². The SMILES string of the molecule is Cc1cc2ncn(CC(O)COc3ccc4ccccc4c3Br)c2cc1C. The van der Waals surface area contributed by atoms with Crippen molar-refractivity contribution in [2.75, 3.05) is 6.61 Å². The number of rotatable bonds is 5. The summed E-state index contributed by atoms with van der Waals surface area (Å²) in [4.78, 5) is 4.44. The number of hydrogen-bond acceptors (Lipinski definition) is 3. The molecule has 0 amide bonds. The summed E-state index contributed by atoms with van der Waals surface area (Å²) in [6.45, 7) is 4.81. The average Bonchev–Trinajstić information content (AvgIpc) is 3.03. The van der Waals surface area contributed by atoms with Crippen LogP contribution in [0.5, 0.6) is 5.75 Å². The summed E-state index contributed by atoms with van der Waals surface area (Å²) in [6.07, 6.45) is 1.14. The molecular weight excluding hydrogens is 404 g/mol. The van der Waals surface area contributed by atoms with Gasteiger partial charge in [-0.1, -0.05) is 30.3 Å². The average molecular weight is 425 g/mol. The quantitative estimate of drug-likeness (QED) is 0.489. The Morgan fingerprint density at radius 1 is 1.11 bits per heavy atom. The summed E-state index contributed by atoms with van der Waals surface area (Å²) < 4.78 is 8.77. The van der Waals surface area contributed by atoms with E-state index in [2.05, 4.69) is 53.0 Å². The molecule has 1 heterocycles. The van der Waals surface area contributed by atoms with E-state index in [9.17, 15) is 5.11 Å². The van der Waals surface area contributed by atoms with Crippen molar-refractivity contribution in [1.82, 2.24) is 9.55 Å². The molecule has 5 heteroatoms. The first-order valence-electron chi connectivity index (χ1n) is 8.93. The number of nitrogens with zero attached hydrogens (tertiary/aromatic N) is 2. The predicted octanol–water partition coefficient (Wildman–Crippen LogP) is 5.01. The Labute approximate surface area is 166 Å². The highest BCUT2D eigenvalue weighted by Gasteiger charge is 2.12. The second kappa shape index (κ2) is 7.33. The van der Waals surface area contributed by atoms with Gasteiger partial charge in [-0.2, -0.15) is 0 Å². The first kappa shape index (κ1) is 18.0. The van der Waals surface area contributed by atoms with Crippen LogP contribution in [0.2, 0.25) is 0 Å². The Balaban J connectivity index is 1.48. The van der Waals surface area contributed by atoms with Gasteiger partial charge in [-0.15, -0.1) is 0 Å². The zero-order chi connectivity index (χ0) is 19.0. The van der Waals surface area contributed by atoms with Gasteiger partial charge < -0.3 is 14.4 Å². The second-order valence-electron chi connectivity index (χ2n) is 6.89. The molecule has 1 atom stereocenters. The normalized spacial score (nSPS) is 12.6. The van der Waals surface area contributed by atoms with Gasteiger partial charge in [-0.25, -0.2) is 4.98 Å². The van der Waals surface area contributed by atoms with Crippen molar-refractivity contribution in [3.05, 3.63) is 70.5 Å². The van der Waals surface area contributed by atoms with Crippen molar-refractivity contribution >= 4 is 37.7 Å². The molecule has 4 nitrogen and oxygen atoms in total. The molecule has 0 fully saturated rings. The maximum absolute atomic E-state index is 10.5. The highest BCUT2D eigenvalue weighted by molar-refractivity contribution is 9.10. The van der Waals surface area contributed by atoms with E-state index in [1.807, 2.05) is 34.9 Å². The highest BCUT2D eigenvalue weighted by Crippen LogP contribution is 2.33. The van der Waals surface area contributed by atoms with Crippen molar-refractivity contribution < 1.29 is 9.84 Å². The molecule has 4 aromatic rings. The number of benzene rings is 3. The molecule has 138 valence electrons. The third kappa shape index (κ3) is 3.57. The first-order chi connectivity index (χ1) is 13.0. The number of hydrogen-bond donors (Lipinski definition) is 1. The molecule has 1 unspecified atom stereocenters. The van der Waals surface area contributed by atoms with Crippen molar-refractivity contribution in [2.45, 2.75) is 26.5 Å². The van der Waals surface area contributed by atoms with Gasteiger partial charge in [-0.05, 0) is 69.9 Å². The van der Waals surface area contributed by atoms with Crippen LogP contribution in [0.15, 0.2) is 59.3 Å². The molecule has 1 aromatic heterocycles. The van der Waals surface area contributed by atoms with Gasteiger partial charge in [0.15, 0.2) is 0 Å². The van der Waals surface area contributed by atoms with Gasteiger partial charge in [0.05, 0.1) is 28.4 Å². The van der Waals surface area contributed by atoms with Crippen LogP contribution in [0.1, 0.15) is 11.1 Å². The fourth-order valence-corrected chi connectivity index (χ4v) is 3.86. The summed E-state index contributed by atoms with van der Waals surface area (Å²) in [5.41, 5.74) is 4.42. The number of aryl methyl sites for hydroxylation is 2. The summed E-state index contributed by atoms with van der Waals surface area (Å²) in [6, 6.07) is 16.3. The fraction of sp³-hybridized carbons (Fsp3) is 0.227. The highest BCUT2D eigenvalue weighted by atomic mass is 79.9. The van der Waals surface area contributed by atoms with E-state index in [-0.39, 0.29) is 6.61 Å². The smallest absolute Gasteiger partial charge is 0.134 e. The number of aliphatic hydroxyl groups is 1. The van der Waals surface area contributed by atoms with Crippen molar-refractivity contribution in [1.29, 1.82) is 0 Å². The van der Waals surface area contributed by atoms with Crippen LogP contribution in [0.3, 0.4) is 0 Å². The van der Waals surface area contributed by atoms with E-state index < -0.39 is 6.10 Å². The lowest BCUT2D eigenvalue weighted by Crippen LogP contribution is -2.23. The molecule has 0 radical (unpaired) electrons. The molecule has 0 saturated heterocycles. The summed E-state index contributed by atoms with van der Waals surface area (Å²) in [5.74, 6) is 0.731. The first-order valence-corrected chi connectivity index (χ1v) is 9.72. The van der Waals surface area contributed by atoms with Gasteiger partial charge >= 0.3 is 0 Å². The van der Waals surface area contributed by atoms with Gasteiger partial charge in [0.2, 0.25) is 0 Å². The largest absolute Gasteiger partial charge is 0.490 e. The Morgan fingerprint density at radius 2 is 1.89 bits per heavy atom. The summed E-state index contributed by atoms with van der Waals surface area (Å²) >= 11 is 3.62. The molecule has 1 N–H and O–H groups in total. The van der Waals surface area contributed by atoms with Crippen LogP contribution in [0.25, 0.3) is 21.8 Å². The summed E-state index contributed by atoms with van der Waals surface area (Å²) in [7, 11) is 0. The predicted molar refractivity (Wildman–Crippen MR) is 112 cm³/mol. The molecule has 0 spiro atoms. The zero-order valence-corrected chi connectivity index (χ0v) is 16.9. The molecule has 3 aromatic carbocycles. The summed E-state index contributed by atoms with van der Waals surface area (Å²) in [5, 5.41) is 12.7. The fourth-order valence-electron chi connectivity index (χ4n) is 3.25. The lowest BCUT2D eigenvalue weighted by Gasteiger charge is -2.15. The van der Waals surface area contributed by atoms with Gasteiger partial charge in [0.1, 0.15) is 18.5 Å². The zero-order valence-electron chi connectivity index (χ0n) is 15.3. The van der Waals surface area contributed by atoms with E-state index in [4.69, 9.17) is 4.74 Å². The van der Waals surface area contributed by atoms with Gasteiger partial charge in [0, 0.05) is 0 Å². The van der Waals surface area contributed by atoms with Crippen molar-refractivity contribution in [2.24, 2.45) is 0 Å². The molecule has 4 rings (SSSR count). The number of fused-ring (bicyclic) bond motifs is 2. The van der Waals surface area contributed by atoms with Crippen LogP contribution < -0.4 is 4.74 Å². The van der Waals surface area contributed by atoms with E-state index >= 15 is 0 Å². The topological polar surface area (TPSA) is 47.3 Å². The monoisotopic (exact) mass is 424 g/mol. The molecule has 27 heavy (non-hydrogen) atoms. The molecule has 0 saturated carbocycles. The molecule has 0 aliphatic heterocycles. The molecular formula is C22H21BrN2O2. The number of ether oxygens (including phenoxy) is 1. The maximum atomic E-state index is 10.5. The van der Waals surface area contributed by atoms with Crippen molar-refractivity contribution in [3.63, 3.8) is 0 Å². The second-order valence-corrected chi connectivity index (χ2v) is 7.68. The third-order valence-corrected chi connectivity index (χ3v) is 5.72. The Hall–Kier alpha value is -2.37. The number of aromatic nitrogens is 2. The number of halogens is 1. The standard InChI is InChI=1S/C22H21BrN2O2/c1-14-9-19-20(10-15(14)2)25(13-24-19)11-17(26)12-27-21-8-7-16-5-3-4-6-18(16)22(21)23/h3-10,13,17,26H,11-12H2,1-2H3. The van der Waals surface area contributed by atoms with Crippen LogP contribution >= 0.6 is 15.9 Å². The van der Waals surface area contributed by atoms with Crippen LogP contribution in [0.4, 0.5) is 0 Å². The minimum absolute atomic E-state index is 0.210. The Bertz CT molecular complexity index is 1120. The van der Waals surface area contributed by atoms with E-state index in [0.29, 0.717) is 6.54 Å². The maximum Gasteiger partial charge on any atom is 0.134 e. The minimum Gasteiger partial charge on any atom is -0.490 e. The van der Waals surface area contributed by atoms with Crippen LogP contribution in [0, 0.1) is 13.8 Å².